The Labute approximate surface area is 137 Å². The van der Waals surface area contributed by atoms with E-state index in [0.29, 0.717) is 5.56 Å². The van der Waals surface area contributed by atoms with Crippen LogP contribution in [0.1, 0.15) is 28.4 Å². The molecular weight excluding hydrogens is 306 g/mol. The molecular formula is C18H13N3O3. The predicted molar refractivity (Wildman–Crippen MR) is 87.8 cm³/mol. The van der Waals surface area contributed by atoms with Gasteiger partial charge in [-0.2, -0.15) is 0 Å². The molecule has 1 aliphatic heterocycles. The average Bonchev–Trinajstić information content (AvgIpc) is 3.18. The van der Waals surface area contributed by atoms with Crippen LogP contribution in [0.2, 0.25) is 0 Å². The van der Waals surface area contributed by atoms with Gasteiger partial charge in [-0.3, -0.25) is 14.9 Å². The largest absolute Gasteiger partial charge is 0.322 e. The van der Waals surface area contributed by atoms with Crippen LogP contribution in [0, 0.1) is 10.1 Å². The van der Waals surface area contributed by atoms with Crippen molar-refractivity contribution in [2.75, 3.05) is 0 Å². The van der Waals surface area contributed by atoms with E-state index in [-0.39, 0.29) is 23.9 Å². The number of imidazole rings is 1. The van der Waals surface area contributed by atoms with E-state index in [2.05, 4.69) is 4.98 Å². The minimum Gasteiger partial charge on any atom is -0.322 e. The fraction of sp³-hybridized carbons (Fsp3) is 0.111. The summed E-state index contributed by atoms with van der Waals surface area (Å²) in [5, 5.41) is 10.9. The molecule has 0 amide bonds. The molecule has 6 heteroatoms. The van der Waals surface area contributed by atoms with Crippen LogP contribution in [-0.2, 0) is 0 Å². The van der Waals surface area contributed by atoms with Gasteiger partial charge in [-0.05, 0) is 5.56 Å². The first-order chi connectivity index (χ1) is 11.6. The summed E-state index contributed by atoms with van der Waals surface area (Å²) in [6.07, 6.45) is 3.75. The van der Waals surface area contributed by atoms with E-state index in [9.17, 15) is 14.9 Å². The molecule has 0 bridgehead atoms. The molecule has 4 rings (SSSR count). The molecule has 0 aliphatic carbocycles. The van der Waals surface area contributed by atoms with Gasteiger partial charge >= 0.3 is 0 Å². The Balaban J connectivity index is 1.68. The zero-order valence-electron chi connectivity index (χ0n) is 12.6. The molecule has 1 aliphatic rings. The number of nitro groups is 1. The predicted octanol–water partition coefficient (Wildman–Crippen LogP) is 3.63. The number of hydrogen-bond acceptors (Lipinski definition) is 4. The van der Waals surface area contributed by atoms with E-state index < -0.39 is 4.92 Å². The number of hydrogen-bond donors (Lipinski definition) is 0. The number of Topliss-reactive ketones (excluding diaryl/α,β-unsaturated/α-hetero) is 1. The van der Waals surface area contributed by atoms with Gasteiger partial charge in [0, 0.05) is 29.7 Å². The topological polar surface area (TPSA) is 78.0 Å². The summed E-state index contributed by atoms with van der Waals surface area (Å²) < 4.78 is 1.99. The third-order valence-electron chi connectivity index (χ3n) is 4.36. The van der Waals surface area contributed by atoms with Crippen molar-refractivity contribution in [3.05, 3.63) is 82.3 Å². The quantitative estimate of drug-likeness (QED) is 0.418. The van der Waals surface area contributed by atoms with E-state index in [4.69, 9.17) is 0 Å². The molecule has 2 aromatic carbocycles. The fourth-order valence-electron chi connectivity index (χ4n) is 3.23. The summed E-state index contributed by atoms with van der Waals surface area (Å²) in [5.41, 5.74) is 3.43. The molecule has 0 saturated heterocycles. The van der Waals surface area contributed by atoms with Gasteiger partial charge in [0.15, 0.2) is 5.78 Å². The molecule has 1 aromatic heterocycles. The van der Waals surface area contributed by atoms with Crippen molar-refractivity contribution >= 4 is 11.5 Å². The molecule has 6 nitrogen and oxygen atoms in total. The summed E-state index contributed by atoms with van der Waals surface area (Å²) in [5.74, 6) is -0.125. The lowest BCUT2D eigenvalue weighted by Crippen LogP contribution is -2.12. The van der Waals surface area contributed by atoms with Gasteiger partial charge in [0.05, 0.1) is 29.2 Å². The molecule has 0 spiro atoms. The van der Waals surface area contributed by atoms with Gasteiger partial charge < -0.3 is 4.57 Å². The van der Waals surface area contributed by atoms with Crippen molar-refractivity contribution in [1.29, 1.82) is 0 Å². The van der Waals surface area contributed by atoms with Gasteiger partial charge in [0.2, 0.25) is 0 Å². The van der Waals surface area contributed by atoms with Gasteiger partial charge in [-0.25, -0.2) is 4.98 Å². The summed E-state index contributed by atoms with van der Waals surface area (Å²) in [7, 11) is 0. The third-order valence-corrected chi connectivity index (χ3v) is 4.36. The number of nitro benzene ring substituents is 1. The molecule has 3 aromatic rings. The number of nitrogens with zero attached hydrogens (tertiary/aromatic N) is 3. The molecule has 0 N–H and O–H groups in total. The third kappa shape index (κ3) is 2.20. The number of non-ortho nitro benzene ring substituents is 1. The van der Waals surface area contributed by atoms with Crippen LogP contribution >= 0.6 is 0 Å². The molecule has 2 heterocycles. The Morgan fingerprint density at radius 3 is 2.88 bits per heavy atom. The van der Waals surface area contributed by atoms with Gasteiger partial charge in [-0.1, -0.05) is 36.4 Å². The zero-order chi connectivity index (χ0) is 16.7. The minimum atomic E-state index is -0.490. The average molecular weight is 319 g/mol. The Bertz CT molecular complexity index is 961. The SMILES string of the molecule is O=C(CC1c2ccccc2-c2cncn21)c1cccc([N+](=O)[O-])c1. The first-order valence-electron chi connectivity index (χ1n) is 7.54. The Morgan fingerprint density at radius 2 is 2.04 bits per heavy atom. The lowest BCUT2D eigenvalue weighted by Gasteiger charge is -2.14. The highest BCUT2D eigenvalue weighted by Gasteiger charge is 2.30. The highest BCUT2D eigenvalue weighted by atomic mass is 16.6. The molecule has 118 valence electrons. The summed E-state index contributed by atoms with van der Waals surface area (Å²) >= 11 is 0. The summed E-state index contributed by atoms with van der Waals surface area (Å²) in [6, 6.07) is 13.7. The second-order valence-electron chi connectivity index (χ2n) is 5.72. The van der Waals surface area contributed by atoms with Crippen molar-refractivity contribution < 1.29 is 9.72 Å². The standard InChI is InChI=1S/C18H13N3O3/c22-18(12-4-3-5-13(8-12)21(23)24)9-16-14-6-1-2-7-15(14)17-10-19-11-20(16)17/h1-8,10-11,16H,9H2. The highest BCUT2D eigenvalue weighted by molar-refractivity contribution is 5.97. The Hall–Kier alpha value is -3.28. The molecule has 1 atom stereocenters. The zero-order valence-corrected chi connectivity index (χ0v) is 12.6. The van der Waals surface area contributed by atoms with E-state index >= 15 is 0 Å². The lowest BCUT2D eigenvalue weighted by atomic mass is 9.96. The van der Waals surface area contributed by atoms with E-state index in [1.807, 2.05) is 28.8 Å². The van der Waals surface area contributed by atoms with Crippen LogP contribution in [0.4, 0.5) is 5.69 Å². The van der Waals surface area contributed by atoms with Gasteiger partial charge in [-0.15, -0.1) is 0 Å². The van der Waals surface area contributed by atoms with E-state index in [1.165, 1.54) is 18.2 Å². The molecule has 0 radical (unpaired) electrons. The van der Waals surface area contributed by atoms with Crippen molar-refractivity contribution in [2.24, 2.45) is 0 Å². The van der Waals surface area contributed by atoms with Crippen molar-refractivity contribution in [3.8, 4) is 11.3 Å². The maximum atomic E-state index is 12.7. The number of ketones is 1. The van der Waals surface area contributed by atoms with Crippen LogP contribution in [0.15, 0.2) is 61.1 Å². The molecule has 0 fully saturated rings. The number of rotatable bonds is 4. The first kappa shape index (κ1) is 14.3. The van der Waals surface area contributed by atoms with Crippen molar-refractivity contribution in [3.63, 3.8) is 0 Å². The summed E-state index contributed by atoms with van der Waals surface area (Å²) in [6.45, 7) is 0. The second-order valence-corrected chi connectivity index (χ2v) is 5.72. The maximum Gasteiger partial charge on any atom is 0.270 e. The second kappa shape index (κ2) is 5.42. The van der Waals surface area contributed by atoms with Crippen LogP contribution in [-0.4, -0.2) is 20.3 Å². The fourth-order valence-corrected chi connectivity index (χ4v) is 3.23. The van der Waals surface area contributed by atoms with Crippen molar-refractivity contribution in [1.82, 2.24) is 9.55 Å². The number of benzene rings is 2. The van der Waals surface area contributed by atoms with E-state index in [1.54, 1.807) is 18.6 Å². The number of aromatic nitrogens is 2. The van der Waals surface area contributed by atoms with Crippen LogP contribution < -0.4 is 0 Å². The molecule has 24 heavy (non-hydrogen) atoms. The molecule has 0 saturated carbocycles. The summed E-state index contributed by atoms with van der Waals surface area (Å²) in [4.78, 5) is 27.2. The highest BCUT2D eigenvalue weighted by Crippen LogP contribution is 2.41. The Kier molecular flexibility index (Phi) is 3.23. The van der Waals surface area contributed by atoms with Gasteiger partial charge in [0.25, 0.3) is 5.69 Å². The monoisotopic (exact) mass is 319 g/mol. The van der Waals surface area contributed by atoms with Crippen molar-refractivity contribution in [2.45, 2.75) is 12.5 Å². The first-order valence-corrected chi connectivity index (χ1v) is 7.54. The number of carbonyl (C=O) groups is 1. The number of carbonyl (C=O) groups excluding carboxylic acids is 1. The Morgan fingerprint density at radius 1 is 1.21 bits per heavy atom. The normalized spacial score (nSPS) is 14.9. The lowest BCUT2D eigenvalue weighted by molar-refractivity contribution is -0.384. The smallest absolute Gasteiger partial charge is 0.270 e. The van der Waals surface area contributed by atoms with E-state index in [0.717, 1.165) is 16.8 Å². The van der Waals surface area contributed by atoms with Crippen LogP contribution in [0.3, 0.4) is 0 Å². The maximum absolute atomic E-state index is 12.7. The van der Waals surface area contributed by atoms with Crippen LogP contribution in [0.25, 0.3) is 11.3 Å². The molecule has 1 unspecified atom stereocenters. The van der Waals surface area contributed by atoms with Crippen LogP contribution in [0.5, 0.6) is 0 Å². The minimum absolute atomic E-state index is 0.0732. The van der Waals surface area contributed by atoms with Gasteiger partial charge in [0.1, 0.15) is 0 Å². The number of fused-ring (bicyclic) bond motifs is 3.